The van der Waals surface area contributed by atoms with Gasteiger partial charge in [-0.1, -0.05) is 13.8 Å². The molecule has 0 saturated carbocycles. The predicted molar refractivity (Wildman–Crippen MR) is 105 cm³/mol. The van der Waals surface area contributed by atoms with E-state index >= 15 is 0 Å². The predicted octanol–water partition coefficient (Wildman–Crippen LogP) is 6.36. The molecule has 0 spiro atoms. The van der Waals surface area contributed by atoms with Crippen LogP contribution < -0.4 is 4.90 Å². The Morgan fingerprint density at radius 1 is 1.15 bits per heavy atom. The van der Waals surface area contributed by atoms with Gasteiger partial charge in [-0.25, -0.2) is 13.2 Å². The van der Waals surface area contributed by atoms with Crippen LogP contribution >= 0.6 is 0 Å². The van der Waals surface area contributed by atoms with Crippen LogP contribution in [0.5, 0.6) is 0 Å². The third-order valence-electron chi connectivity index (χ3n) is 5.20. The second-order valence-corrected chi connectivity index (χ2v) is 7.86. The van der Waals surface area contributed by atoms with Gasteiger partial charge in [-0.2, -0.15) is 0 Å². The van der Waals surface area contributed by atoms with Crippen molar-refractivity contribution in [3.8, 4) is 0 Å². The van der Waals surface area contributed by atoms with Crippen LogP contribution in [0.4, 0.5) is 24.5 Å². The lowest BCUT2D eigenvalue weighted by atomic mass is 9.79. The van der Waals surface area contributed by atoms with Crippen molar-refractivity contribution in [2.24, 2.45) is 4.99 Å². The molecule has 5 heteroatoms. The summed E-state index contributed by atoms with van der Waals surface area (Å²) in [5, 5.41) is 0. The van der Waals surface area contributed by atoms with Crippen LogP contribution in [0.1, 0.15) is 57.6 Å². The molecule has 2 aromatic carbocycles. The lowest BCUT2D eigenvalue weighted by Gasteiger charge is -2.47. The van der Waals surface area contributed by atoms with Crippen LogP contribution in [0.25, 0.3) is 0 Å². The van der Waals surface area contributed by atoms with E-state index in [0.29, 0.717) is 5.56 Å². The summed E-state index contributed by atoms with van der Waals surface area (Å²) in [5.74, 6) is -1.56. The third kappa shape index (κ3) is 3.87. The van der Waals surface area contributed by atoms with Gasteiger partial charge in [0.25, 0.3) is 0 Å². The second kappa shape index (κ2) is 7.37. The zero-order valence-corrected chi connectivity index (χ0v) is 16.2. The Morgan fingerprint density at radius 2 is 1.89 bits per heavy atom. The highest BCUT2D eigenvalue weighted by atomic mass is 19.1. The molecular formula is C22H25F3N2. The van der Waals surface area contributed by atoms with Crippen LogP contribution in [-0.4, -0.2) is 18.3 Å². The largest absolute Gasteiger partial charge is 0.366 e. The van der Waals surface area contributed by atoms with Crippen molar-refractivity contribution >= 4 is 17.6 Å². The monoisotopic (exact) mass is 374 g/mol. The maximum atomic E-state index is 14.8. The first-order chi connectivity index (χ1) is 12.7. The van der Waals surface area contributed by atoms with E-state index < -0.39 is 17.5 Å². The van der Waals surface area contributed by atoms with Crippen molar-refractivity contribution in [2.45, 2.75) is 52.0 Å². The number of anilines is 1. The van der Waals surface area contributed by atoms with Gasteiger partial charge in [0, 0.05) is 35.6 Å². The van der Waals surface area contributed by atoms with Crippen molar-refractivity contribution in [1.82, 2.24) is 0 Å². The summed E-state index contributed by atoms with van der Waals surface area (Å²) in [5.41, 5.74) is 2.24. The molecular weight excluding hydrogens is 349 g/mol. The smallest absolute Gasteiger partial charge is 0.151 e. The van der Waals surface area contributed by atoms with E-state index in [1.807, 2.05) is 0 Å². The number of fused-ring (bicyclic) bond motifs is 1. The highest BCUT2D eigenvalue weighted by Crippen LogP contribution is 2.44. The molecule has 0 radical (unpaired) electrons. The summed E-state index contributed by atoms with van der Waals surface area (Å²) in [4.78, 5) is 6.29. The van der Waals surface area contributed by atoms with E-state index in [2.05, 4.69) is 37.6 Å². The Kier molecular flexibility index (Phi) is 5.31. The lowest BCUT2D eigenvalue weighted by Crippen LogP contribution is -2.48. The summed E-state index contributed by atoms with van der Waals surface area (Å²) in [6, 6.07) is 6.50. The van der Waals surface area contributed by atoms with Crippen molar-refractivity contribution in [3.05, 3.63) is 58.9 Å². The zero-order chi connectivity index (χ0) is 19.8. The van der Waals surface area contributed by atoms with E-state index in [0.717, 1.165) is 42.8 Å². The van der Waals surface area contributed by atoms with Crippen molar-refractivity contribution < 1.29 is 13.2 Å². The number of benzene rings is 2. The quantitative estimate of drug-likeness (QED) is 0.569. The van der Waals surface area contributed by atoms with Crippen LogP contribution in [0, 0.1) is 17.5 Å². The molecule has 0 fully saturated rings. The molecule has 0 aliphatic carbocycles. The van der Waals surface area contributed by atoms with E-state index in [1.165, 1.54) is 12.3 Å². The van der Waals surface area contributed by atoms with E-state index in [1.54, 1.807) is 12.1 Å². The molecule has 2 nitrogen and oxygen atoms in total. The number of hydrogen-bond acceptors (Lipinski definition) is 2. The van der Waals surface area contributed by atoms with Crippen molar-refractivity contribution in [2.75, 3.05) is 11.4 Å². The second-order valence-electron chi connectivity index (χ2n) is 7.86. The lowest BCUT2D eigenvalue weighted by molar-refractivity contribution is 0.375. The first-order valence-electron chi connectivity index (χ1n) is 9.33. The normalized spacial score (nSPS) is 18.8. The number of hydrogen-bond donors (Lipinski definition) is 0. The average molecular weight is 374 g/mol. The molecule has 27 heavy (non-hydrogen) atoms. The molecule has 1 atom stereocenters. The summed E-state index contributed by atoms with van der Waals surface area (Å²) in [7, 11) is 0. The summed E-state index contributed by atoms with van der Waals surface area (Å²) >= 11 is 0. The molecule has 0 bridgehead atoms. The molecule has 0 N–H and O–H groups in total. The first kappa shape index (κ1) is 19.5. The molecule has 1 aliphatic rings. The average Bonchev–Trinajstić information content (AvgIpc) is 2.58. The van der Waals surface area contributed by atoms with Gasteiger partial charge in [-0.05, 0) is 62.4 Å². The molecule has 0 saturated heterocycles. The molecule has 1 aliphatic heterocycles. The fourth-order valence-electron chi connectivity index (χ4n) is 3.99. The standard InChI is InChI=1S/C22H25F3N2/c1-5-8-27-21-11-18(24)15(9-17(21)14(2)12-22(27,3)4)13-26-20-7-6-16(23)10-19(20)25/h6-7,9-11,13-14H,5,8,12H2,1-4H3. The summed E-state index contributed by atoms with van der Waals surface area (Å²) in [6.45, 7) is 9.49. The van der Waals surface area contributed by atoms with E-state index in [-0.39, 0.29) is 17.1 Å². The van der Waals surface area contributed by atoms with E-state index in [9.17, 15) is 13.2 Å². The highest BCUT2D eigenvalue weighted by Gasteiger charge is 2.36. The van der Waals surface area contributed by atoms with Gasteiger partial charge in [-0.15, -0.1) is 0 Å². The van der Waals surface area contributed by atoms with Crippen LogP contribution in [0.3, 0.4) is 0 Å². The van der Waals surface area contributed by atoms with Gasteiger partial charge < -0.3 is 4.90 Å². The molecule has 3 rings (SSSR count). The maximum Gasteiger partial charge on any atom is 0.151 e. The Hall–Kier alpha value is -2.30. The van der Waals surface area contributed by atoms with Crippen LogP contribution in [0.15, 0.2) is 35.3 Å². The molecule has 0 aromatic heterocycles. The Labute approximate surface area is 158 Å². The van der Waals surface area contributed by atoms with Gasteiger partial charge in [0.1, 0.15) is 11.6 Å². The van der Waals surface area contributed by atoms with Gasteiger partial charge in [0.05, 0.1) is 5.69 Å². The third-order valence-corrected chi connectivity index (χ3v) is 5.20. The Bertz CT molecular complexity index is 874. The van der Waals surface area contributed by atoms with E-state index in [4.69, 9.17) is 0 Å². The van der Waals surface area contributed by atoms with Crippen LogP contribution in [0.2, 0.25) is 0 Å². The number of halogens is 3. The summed E-state index contributed by atoms with van der Waals surface area (Å²) in [6.07, 6.45) is 3.25. The van der Waals surface area contributed by atoms with Crippen LogP contribution in [-0.2, 0) is 0 Å². The van der Waals surface area contributed by atoms with Gasteiger partial charge in [0.15, 0.2) is 5.82 Å². The fraction of sp³-hybridized carbons (Fsp3) is 0.409. The highest BCUT2D eigenvalue weighted by molar-refractivity contribution is 5.84. The summed E-state index contributed by atoms with van der Waals surface area (Å²) < 4.78 is 41.5. The molecule has 2 aromatic rings. The van der Waals surface area contributed by atoms with Crippen molar-refractivity contribution in [1.29, 1.82) is 0 Å². The molecule has 1 heterocycles. The van der Waals surface area contributed by atoms with Gasteiger partial charge in [0.2, 0.25) is 0 Å². The zero-order valence-electron chi connectivity index (χ0n) is 16.2. The van der Waals surface area contributed by atoms with Gasteiger partial charge >= 0.3 is 0 Å². The van der Waals surface area contributed by atoms with Crippen molar-refractivity contribution in [3.63, 3.8) is 0 Å². The first-order valence-corrected chi connectivity index (χ1v) is 9.33. The molecule has 144 valence electrons. The minimum absolute atomic E-state index is 0.0182. The maximum absolute atomic E-state index is 14.8. The minimum Gasteiger partial charge on any atom is -0.366 e. The number of rotatable bonds is 4. The fourth-order valence-corrected chi connectivity index (χ4v) is 3.99. The number of nitrogens with zero attached hydrogens (tertiary/aromatic N) is 2. The van der Waals surface area contributed by atoms with Gasteiger partial charge in [-0.3, -0.25) is 4.99 Å². The topological polar surface area (TPSA) is 15.6 Å². The minimum atomic E-state index is -0.770. The SMILES string of the molecule is CCCN1c2cc(F)c(C=Nc3ccc(F)cc3F)cc2C(C)CC1(C)C. The molecule has 0 amide bonds. The Morgan fingerprint density at radius 3 is 2.56 bits per heavy atom. The molecule has 1 unspecified atom stereocenters. The Balaban J connectivity index is 2.00. The number of aliphatic imine (C=N–C) groups is 1.